The molecule has 2 fully saturated rings. The summed E-state index contributed by atoms with van der Waals surface area (Å²) in [6.45, 7) is 5.90. The lowest BCUT2D eigenvalue weighted by molar-refractivity contribution is 0.151. The average molecular weight is 446 g/mol. The topological polar surface area (TPSA) is 46.7 Å². The molecule has 0 amide bonds. The Kier molecular flexibility index (Phi) is 6.28. The molecule has 0 radical (unpaired) electrons. The predicted molar refractivity (Wildman–Crippen MR) is 131 cm³/mol. The van der Waals surface area contributed by atoms with Crippen LogP contribution in [0.2, 0.25) is 5.02 Å². The minimum atomic E-state index is 0.427. The van der Waals surface area contributed by atoms with Gasteiger partial charge in [0, 0.05) is 54.9 Å². The molecule has 1 atom stereocenters. The van der Waals surface area contributed by atoms with Gasteiger partial charge < -0.3 is 20.1 Å². The highest BCUT2D eigenvalue weighted by Crippen LogP contribution is 2.33. The molecule has 162 valence electrons. The molecular weight excluding hydrogens is 414 g/mol. The van der Waals surface area contributed by atoms with Gasteiger partial charge in [0.15, 0.2) is 0 Å². The molecule has 3 heterocycles. The molecule has 0 spiro atoms. The molecule has 1 aromatic heterocycles. The summed E-state index contributed by atoms with van der Waals surface area (Å²) in [5, 5.41) is 6.84. The Bertz CT molecular complexity index is 912. The summed E-state index contributed by atoms with van der Waals surface area (Å²) < 4.78 is 0. The number of hydrogen-bond donors (Lipinski definition) is 2. The molecule has 0 bridgehead atoms. The zero-order valence-corrected chi connectivity index (χ0v) is 19.4. The van der Waals surface area contributed by atoms with E-state index in [1.165, 1.54) is 57.2 Å². The smallest absolute Gasteiger partial charge is 0.114 e. The SMILES string of the molecule is CN1CCN(CC[C@@H]2CSC(c3cc4cc(Cl)cc(NC5CCCC5)c4[nH]3)=N2)CC1. The van der Waals surface area contributed by atoms with E-state index in [9.17, 15) is 0 Å². The van der Waals surface area contributed by atoms with Crippen molar-refractivity contribution in [1.29, 1.82) is 0 Å². The van der Waals surface area contributed by atoms with E-state index in [4.69, 9.17) is 16.6 Å². The first-order chi connectivity index (χ1) is 14.6. The summed E-state index contributed by atoms with van der Waals surface area (Å²) in [5.41, 5.74) is 3.42. The number of halogens is 1. The summed E-state index contributed by atoms with van der Waals surface area (Å²) in [7, 11) is 2.21. The molecule has 7 heteroatoms. The predicted octanol–water partition coefficient (Wildman–Crippen LogP) is 4.68. The van der Waals surface area contributed by atoms with Crippen LogP contribution in [0.15, 0.2) is 23.2 Å². The Morgan fingerprint density at radius 3 is 2.77 bits per heavy atom. The molecular formula is C23H32ClN5S. The van der Waals surface area contributed by atoms with Crippen LogP contribution in [0.25, 0.3) is 10.9 Å². The third-order valence-electron chi connectivity index (χ3n) is 6.73. The van der Waals surface area contributed by atoms with Crippen molar-refractivity contribution in [2.45, 2.75) is 44.2 Å². The van der Waals surface area contributed by atoms with Gasteiger partial charge in [-0.25, -0.2) is 0 Å². The number of anilines is 1. The number of nitrogens with one attached hydrogen (secondary N) is 2. The van der Waals surface area contributed by atoms with Crippen molar-refractivity contribution in [2.24, 2.45) is 4.99 Å². The number of benzene rings is 1. The molecule has 5 nitrogen and oxygen atoms in total. The van der Waals surface area contributed by atoms with E-state index >= 15 is 0 Å². The zero-order valence-electron chi connectivity index (χ0n) is 17.8. The van der Waals surface area contributed by atoms with E-state index in [2.05, 4.69) is 45.3 Å². The number of H-pyrrole nitrogens is 1. The number of nitrogens with zero attached hydrogens (tertiary/aromatic N) is 3. The highest BCUT2D eigenvalue weighted by molar-refractivity contribution is 8.14. The molecule has 0 unspecified atom stereocenters. The number of hydrogen-bond acceptors (Lipinski definition) is 5. The summed E-state index contributed by atoms with van der Waals surface area (Å²) in [5.74, 6) is 1.09. The van der Waals surface area contributed by atoms with Crippen LogP contribution in [0.4, 0.5) is 5.69 Å². The zero-order chi connectivity index (χ0) is 20.5. The molecule has 3 aliphatic rings. The Hall–Kier alpha value is -1.21. The summed E-state index contributed by atoms with van der Waals surface area (Å²) in [6, 6.07) is 7.33. The lowest BCUT2D eigenvalue weighted by atomic mass is 10.2. The first-order valence-corrected chi connectivity index (χ1v) is 12.7. The van der Waals surface area contributed by atoms with Crippen molar-refractivity contribution >= 4 is 45.0 Å². The number of aromatic amines is 1. The van der Waals surface area contributed by atoms with Gasteiger partial charge in [-0.3, -0.25) is 4.99 Å². The molecule has 1 aliphatic carbocycles. The summed E-state index contributed by atoms with van der Waals surface area (Å²) >= 11 is 8.32. The van der Waals surface area contributed by atoms with Crippen LogP contribution in [0, 0.1) is 0 Å². The second-order valence-corrected chi connectivity index (χ2v) is 10.5. The number of fused-ring (bicyclic) bond motifs is 1. The van der Waals surface area contributed by atoms with Gasteiger partial charge in [0.25, 0.3) is 0 Å². The van der Waals surface area contributed by atoms with E-state index in [0.717, 1.165) is 45.7 Å². The lowest BCUT2D eigenvalue weighted by Crippen LogP contribution is -2.45. The van der Waals surface area contributed by atoms with Gasteiger partial charge in [-0.1, -0.05) is 24.4 Å². The summed E-state index contributed by atoms with van der Waals surface area (Å²) in [4.78, 5) is 13.7. The average Bonchev–Trinajstić information content (AvgIpc) is 3.48. The number of piperazine rings is 1. The fraction of sp³-hybridized carbons (Fsp3) is 0.609. The van der Waals surface area contributed by atoms with Crippen molar-refractivity contribution in [1.82, 2.24) is 14.8 Å². The first kappa shape index (κ1) is 20.7. The van der Waals surface area contributed by atoms with Gasteiger partial charge in [-0.15, -0.1) is 11.8 Å². The normalized spacial score (nSPS) is 24.1. The molecule has 2 aromatic rings. The number of aliphatic imine (C=N–C) groups is 1. The number of rotatable bonds is 6. The van der Waals surface area contributed by atoms with Gasteiger partial charge in [0.1, 0.15) is 5.04 Å². The third kappa shape index (κ3) is 4.67. The van der Waals surface area contributed by atoms with Crippen LogP contribution in [0.3, 0.4) is 0 Å². The Morgan fingerprint density at radius 1 is 1.17 bits per heavy atom. The Labute approximate surface area is 188 Å². The lowest BCUT2D eigenvalue weighted by Gasteiger charge is -2.32. The quantitative estimate of drug-likeness (QED) is 0.677. The van der Waals surface area contributed by atoms with Crippen molar-refractivity contribution in [3.63, 3.8) is 0 Å². The standard InChI is InChI=1S/C23H32ClN5S/c1-28-8-10-29(11-9-28)7-6-19-15-30-23(26-19)21-13-16-12-17(24)14-20(22(16)27-21)25-18-4-2-3-5-18/h12-14,18-19,25,27H,2-11,15H2,1H3/t19-/m1/s1. The van der Waals surface area contributed by atoms with Gasteiger partial charge in [0.05, 0.1) is 22.9 Å². The molecule has 30 heavy (non-hydrogen) atoms. The van der Waals surface area contributed by atoms with Crippen LogP contribution < -0.4 is 5.32 Å². The van der Waals surface area contributed by atoms with Gasteiger partial charge in [-0.2, -0.15) is 0 Å². The number of aromatic nitrogens is 1. The maximum atomic E-state index is 6.43. The van der Waals surface area contributed by atoms with E-state index < -0.39 is 0 Å². The van der Waals surface area contributed by atoms with E-state index in [-0.39, 0.29) is 0 Å². The second-order valence-electron chi connectivity index (χ2n) is 9.06. The maximum Gasteiger partial charge on any atom is 0.114 e. The van der Waals surface area contributed by atoms with E-state index in [1.807, 2.05) is 11.8 Å². The molecule has 5 rings (SSSR count). The minimum absolute atomic E-state index is 0.427. The first-order valence-electron chi connectivity index (χ1n) is 11.3. The monoisotopic (exact) mass is 445 g/mol. The molecule has 1 aromatic carbocycles. The van der Waals surface area contributed by atoms with Gasteiger partial charge >= 0.3 is 0 Å². The van der Waals surface area contributed by atoms with Crippen LogP contribution in [0.5, 0.6) is 0 Å². The van der Waals surface area contributed by atoms with Crippen molar-refractivity contribution < 1.29 is 0 Å². The van der Waals surface area contributed by atoms with Crippen LogP contribution in [-0.2, 0) is 0 Å². The fourth-order valence-electron chi connectivity index (χ4n) is 4.84. The number of thioether (sulfide) groups is 1. The van der Waals surface area contributed by atoms with E-state index in [0.29, 0.717) is 12.1 Å². The van der Waals surface area contributed by atoms with Crippen molar-refractivity contribution in [3.05, 3.63) is 28.9 Å². The molecule has 1 saturated heterocycles. The second kappa shape index (κ2) is 9.11. The summed E-state index contributed by atoms with van der Waals surface area (Å²) in [6.07, 6.45) is 6.29. The van der Waals surface area contributed by atoms with Crippen molar-refractivity contribution in [3.8, 4) is 0 Å². The van der Waals surface area contributed by atoms with Crippen LogP contribution in [-0.4, -0.2) is 77.4 Å². The number of likely N-dealkylation sites (N-methyl/N-ethyl adjacent to an activating group) is 1. The molecule has 2 N–H and O–H groups in total. The van der Waals surface area contributed by atoms with Crippen molar-refractivity contribution in [2.75, 3.05) is 50.8 Å². The Balaban J connectivity index is 1.28. The van der Waals surface area contributed by atoms with E-state index in [1.54, 1.807) is 0 Å². The molecule has 1 saturated carbocycles. The fourth-order valence-corrected chi connectivity index (χ4v) is 6.15. The van der Waals surface area contributed by atoms with Gasteiger partial charge in [0.2, 0.25) is 0 Å². The van der Waals surface area contributed by atoms with Gasteiger partial charge in [-0.05, 0) is 44.5 Å². The third-order valence-corrected chi connectivity index (χ3v) is 8.09. The largest absolute Gasteiger partial charge is 0.381 e. The van der Waals surface area contributed by atoms with Crippen LogP contribution >= 0.6 is 23.4 Å². The minimum Gasteiger partial charge on any atom is -0.381 e. The maximum absolute atomic E-state index is 6.43. The highest BCUT2D eigenvalue weighted by atomic mass is 35.5. The Morgan fingerprint density at radius 2 is 1.97 bits per heavy atom. The highest BCUT2D eigenvalue weighted by Gasteiger charge is 2.23. The van der Waals surface area contributed by atoms with Crippen LogP contribution in [0.1, 0.15) is 37.8 Å². The molecule has 2 aliphatic heterocycles.